The molecule has 2 rings (SSSR count). The van der Waals surface area contributed by atoms with Gasteiger partial charge < -0.3 is 10.1 Å². The average Bonchev–Trinajstić information content (AvgIpc) is 2.44. The molecule has 19 heavy (non-hydrogen) atoms. The highest BCUT2D eigenvalue weighted by Gasteiger charge is 2.08. The van der Waals surface area contributed by atoms with Crippen LogP contribution in [0.3, 0.4) is 0 Å². The molecule has 0 spiro atoms. The van der Waals surface area contributed by atoms with Crippen LogP contribution in [0, 0.1) is 5.82 Å². The second-order valence-corrected chi connectivity index (χ2v) is 4.44. The molecule has 0 amide bonds. The van der Waals surface area contributed by atoms with E-state index in [4.69, 9.17) is 4.74 Å². The van der Waals surface area contributed by atoms with E-state index in [1.807, 2.05) is 43.4 Å². The number of hydrogen-bond donors (Lipinski definition) is 1. The number of rotatable bonds is 6. The van der Waals surface area contributed by atoms with Crippen molar-refractivity contribution in [1.82, 2.24) is 5.32 Å². The minimum atomic E-state index is -0.198. The summed E-state index contributed by atoms with van der Waals surface area (Å²) in [5.41, 5.74) is 0.969. The molecular weight excluding hydrogens is 241 g/mol. The van der Waals surface area contributed by atoms with Crippen LogP contribution >= 0.6 is 0 Å². The zero-order valence-corrected chi connectivity index (χ0v) is 11.0. The highest BCUT2D eigenvalue weighted by molar-refractivity contribution is 5.21. The van der Waals surface area contributed by atoms with Crippen LogP contribution in [0.4, 0.5) is 4.39 Å². The lowest BCUT2D eigenvalue weighted by molar-refractivity contribution is 0.269. The second-order valence-electron chi connectivity index (χ2n) is 4.44. The molecule has 1 N–H and O–H groups in total. The van der Waals surface area contributed by atoms with Gasteiger partial charge in [-0.1, -0.05) is 30.3 Å². The fraction of sp³-hybridized carbons (Fsp3) is 0.250. The van der Waals surface area contributed by atoms with Crippen molar-refractivity contribution in [3.63, 3.8) is 0 Å². The molecule has 0 aliphatic carbocycles. The SMILES string of the molecule is CNC(COc1ccccc1)Cc1cccc(F)c1. The molecule has 2 aromatic rings. The van der Waals surface area contributed by atoms with E-state index in [0.717, 1.165) is 17.7 Å². The Labute approximate surface area is 113 Å². The summed E-state index contributed by atoms with van der Waals surface area (Å²) < 4.78 is 18.8. The van der Waals surface area contributed by atoms with E-state index in [2.05, 4.69) is 5.32 Å². The Hall–Kier alpha value is -1.87. The van der Waals surface area contributed by atoms with Gasteiger partial charge in [0.1, 0.15) is 18.2 Å². The molecule has 0 fully saturated rings. The van der Waals surface area contributed by atoms with Crippen LogP contribution in [0.25, 0.3) is 0 Å². The Kier molecular flexibility index (Phi) is 4.93. The highest BCUT2D eigenvalue weighted by Crippen LogP contribution is 2.11. The van der Waals surface area contributed by atoms with Crippen LogP contribution in [-0.2, 0) is 6.42 Å². The van der Waals surface area contributed by atoms with Gasteiger partial charge in [-0.15, -0.1) is 0 Å². The summed E-state index contributed by atoms with van der Waals surface area (Å²) in [7, 11) is 1.89. The van der Waals surface area contributed by atoms with E-state index in [9.17, 15) is 4.39 Å². The Morgan fingerprint density at radius 1 is 1.11 bits per heavy atom. The lowest BCUT2D eigenvalue weighted by Crippen LogP contribution is -2.33. The standard InChI is InChI=1S/C16H18FNO/c1-18-15(11-13-6-5-7-14(17)10-13)12-19-16-8-3-2-4-9-16/h2-10,15,18H,11-12H2,1H3. The van der Waals surface area contributed by atoms with E-state index in [1.165, 1.54) is 6.07 Å². The van der Waals surface area contributed by atoms with E-state index >= 15 is 0 Å². The van der Waals surface area contributed by atoms with Crippen LogP contribution in [-0.4, -0.2) is 19.7 Å². The molecule has 0 bridgehead atoms. The third-order valence-corrected chi connectivity index (χ3v) is 2.97. The van der Waals surface area contributed by atoms with Crippen molar-refractivity contribution in [1.29, 1.82) is 0 Å². The van der Waals surface area contributed by atoms with E-state index < -0.39 is 0 Å². The predicted octanol–water partition coefficient (Wildman–Crippen LogP) is 3.04. The van der Waals surface area contributed by atoms with Gasteiger partial charge in [0.25, 0.3) is 0 Å². The van der Waals surface area contributed by atoms with Crippen LogP contribution in [0.5, 0.6) is 5.75 Å². The monoisotopic (exact) mass is 259 g/mol. The van der Waals surface area contributed by atoms with Crippen molar-refractivity contribution in [3.05, 3.63) is 66.0 Å². The van der Waals surface area contributed by atoms with Gasteiger partial charge in [-0.05, 0) is 43.3 Å². The molecule has 2 aromatic carbocycles. The molecule has 0 aromatic heterocycles. The number of nitrogens with one attached hydrogen (secondary N) is 1. The largest absolute Gasteiger partial charge is 0.492 e. The molecule has 100 valence electrons. The minimum Gasteiger partial charge on any atom is -0.492 e. The maximum absolute atomic E-state index is 13.1. The van der Waals surface area contributed by atoms with Crippen LogP contribution in [0.1, 0.15) is 5.56 Å². The van der Waals surface area contributed by atoms with E-state index in [0.29, 0.717) is 6.61 Å². The summed E-state index contributed by atoms with van der Waals surface area (Å²) in [5, 5.41) is 3.19. The summed E-state index contributed by atoms with van der Waals surface area (Å²) in [6.07, 6.45) is 0.737. The molecular formula is C16H18FNO. The summed E-state index contributed by atoms with van der Waals surface area (Å²) in [6.45, 7) is 0.553. The quantitative estimate of drug-likeness (QED) is 0.861. The molecule has 1 atom stereocenters. The second kappa shape index (κ2) is 6.90. The number of halogens is 1. The van der Waals surface area contributed by atoms with Crippen molar-refractivity contribution in [2.75, 3.05) is 13.7 Å². The normalized spacial score (nSPS) is 12.1. The molecule has 3 heteroatoms. The van der Waals surface area contributed by atoms with Crippen molar-refractivity contribution < 1.29 is 9.13 Å². The Morgan fingerprint density at radius 2 is 1.89 bits per heavy atom. The van der Waals surface area contributed by atoms with E-state index in [1.54, 1.807) is 12.1 Å². The summed E-state index contributed by atoms with van der Waals surface area (Å²) >= 11 is 0. The highest BCUT2D eigenvalue weighted by atomic mass is 19.1. The number of hydrogen-bond acceptors (Lipinski definition) is 2. The molecule has 0 aliphatic heterocycles. The smallest absolute Gasteiger partial charge is 0.123 e. The summed E-state index contributed by atoms with van der Waals surface area (Å²) in [4.78, 5) is 0. The fourth-order valence-corrected chi connectivity index (χ4v) is 1.91. The van der Waals surface area contributed by atoms with Gasteiger partial charge in [0.05, 0.1) is 0 Å². The molecule has 0 saturated carbocycles. The molecule has 0 saturated heterocycles. The van der Waals surface area contributed by atoms with Crippen molar-refractivity contribution in [2.45, 2.75) is 12.5 Å². The minimum absolute atomic E-state index is 0.155. The van der Waals surface area contributed by atoms with Gasteiger partial charge in [0.2, 0.25) is 0 Å². The van der Waals surface area contributed by atoms with Crippen molar-refractivity contribution in [2.24, 2.45) is 0 Å². The number of benzene rings is 2. The Bertz CT molecular complexity index is 501. The van der Waals surface area contributed by atoms with Gasteiger partial charge in [0.15, 0.2) is 0 Å². The Balaban J connectivity index is 1.90. The molecule has 1 unspecified atom stereocenters. The lowest BCUT2D eigenvalue weighted by atomic mass is 10.1. The van der Waals surface area contributed by atoms with E-state index in [-0.39, 0.29) is 11.9 Å². The van der Waals surface area contributed by atoms with Gasteiger partial charge in [-0.3, -0.25) is 0 Å². The summed E-state index contributed by atoms with van der Waals surface area (Å²) in [6, 6.07) is 16.5. The van der Waals surface area contributed by atoms with Gasteiger partial charge in [-0.2, -0.15) is 0 Å². The van der Waals surface area contributed by atoms with Gasteiger partial charge in [0, 0.05) is 6.04 Å². The fourth-order valence-electron chi connectivity index (χ4n) is 1.91. The van der Waals surface area contributed by atoms with Gasteiger partial charge >= 0.3 is 0 Å². The third kappa shape index (κ3) is 4.38. The predicted molar refractivity (Wildman–Crippen MR) is 74.9 cm³/mol. The van der Waals surface area contributed by atoms with Crippen LogP contribution in [0.15, 0.2) is 54.6 Å². The van der Waals surface area contributed by atoms with Gasteiger partial charge in [-0.25, -0.2) is 4.39 Å². The first-order valence-corrected chi connectivity index (χ1v) is 6.37. The molecule has 0 aliphatic rings. The third-order valence-electron chi connectivity index (χ3n) is 2.97. The number of para-hydroxylation sites is 1. The molecule has 0 radical (unpaired) electrons. The average molecular weight is 259 g/mol. The zero-order valence-electron chi connectivity index (χ0n) is 11.0. The first-order valence-electron chi connectivity index (χ1n) is 6.37. The van der Waals surface area contributed by atoms with Crippen molar-refractivity contribution in [3.8, 4) is 5.75 Å². The maximum atomic E-state index is 13.1. The Morgan fingerprint density at radius 3 is 2.58 bits per heavy atom. The zero-order chi connectivity index (χ0) is 13.5. The maximum Gasteiger partial charge on any atom is 0.123 e. The molecule has 0 heterocycles. The first-order chi connectivity index (χ1) is 9.28. The summed E-state index contributed by atoms with van der Waals surface area (Å²) in [5.74, 6) is 0.651. The number of ether oxygens (including phenoxy) is 1. The lowest BCUT2D eigenvalue weighted by Gasteiger charge is -2.17. The van der Waals surface area contributed by atoms with Crippen LogP contribution in [0.2, 0.25) is 0 Å². The van der Waals surface area contributed by atoms with Crippen molar-refractivity contribution >= 4 is 0 Å². The number of likely N-dealkylation sites (N-methyl/N-ethyl adjacent to an activating group) is 1. The first kappa shape index (κ1) is 13.6. The molecule has 2 nitrogen and oxygen atoms in total. The van der Waals surface area contributed by atoms with Crippen LogP contribution < -0.4 is 10.1 Å². The topological polar surface area (TPSA) is 21.3 Å².